The number of aromatic hydroxyl groups is 1. The molecular formula is C19H27N5OS+2. The van der Waals surface area contributed by atoms with Crippen LogP contribution < -0.4 is 9.80 Å². The third kappa shape index (κ3) is 3.11. The first kappa shape index (κ1) is 17.5. The second kappa shape index (κ2) is 6.98. The highest BCUT2D eigenvalue weighted by Crippen LogP contribution is 2.35. The van der Waals surface area contributed by atoms with Crippen LogP contribution in [0, 0.1) is 13.8 Å². The summed E-state index contributed by atoms with van der Waals surface area (Å²) in [4.78, 5) is 9.37. The Morgan fingerprint density at radius 2 is 1.85 bits per heavy atom. The van der Waals surface area contributed by atoms with Crippen LogP contribution in [0.25, 0.3) is 4.96 Å². The molecule has 1 atom stereocenters. The minimum Gasteiger partial charge on any atom is -0.492 e. The Balaban J connectivity index is 1.75. The second-order valence-corrected chi connectivity index (χ2v) is 8.26. The number of nitrogens with zero attached hydrogens (tertiary/aromatic N) is 3. The van der Waals surface area contributed by atoms with Crippen molar-refractivity contribution in [3.05, 3.63) is 46.1 Å². The molecule has 0 amide bonds. The zero-order valence-electron chi connectivity index (χ0n) is 15.6. The van der Waals surface area contributed by atoms with Crippen molar-refractivity contribution >= 4 is 16.3 Å². The van der Waals surface area contributed by atoms with Crippen molar-refractivity contribution < 1.29 is 14.9 Å². The number of rotatable bonds is 4. The van der Waals surface area contributed by atoms with Gasteiger partial charge >= 0.3 is 0 Å². The Morgan fingerprint density at radius 1 is 1.15 bits per heavy atom. The zero-order valence-corrected chi connectivity index (χ0v) is 16.4. The monoisotopic (exact) mass is 373 g/mol. The maximum absolute atomic E-state index is 10.9. The largest absolute Gasteiger partial charge is 0.492 e. The van der Waals surface area contributed by atoms with E-state index in [1.54, 1.807) is 20.8 Å². The summed E-state index contributed by atoms with van der Waals surface area (Å²) < 4.78 is 1.59. The van der Waals surface area contributed by atoms with Gasteiger partial charge in [0.25, 0.3) is 0 Å². The van der Waals surface area contributed by atoms with Gasteiger partial charge in [-0.15, -0.1) is 5.10 Å². The van der Waals surface area contributed by atoms with Gasteiger partial charge in [0.2, 0.25) is 10.8 Å². The fourth-order valence-electron chi connectivity index (χ4n) is 3.93. The molecule has 0 bridgehead atoms. The summed E-state index contributed by atoms with van der Waals surface area (Å²) in [5, 5.41) is 15.2. The summed E-state index contributed by atoms with van der Waals surface area (Å²) in [5.74, 6) is 0.937. The molecule has 3 aromatic rings. The van der Waals surface area contributed by atoms with E-state index in [1.807, 2.05) is 6.92 Å². The van der Waals surface area contributed by atoms with E-state index < -0.39 is 0 Å². The van der Waals surface area contributed by atoms with Gasteiger partial charge in [-0.3, -0.25) is 0 Å². The quantitative estimate of drug-likeness (QED) is 0.604. The SMILES string of the molecule is CC[NH+]1CC[NH+]([C@H](c2ccc(C)cc2)c2sc3nc(C)nn3c2O)CC1. The van der Waals surface area contributed by atoms with Crippen LogP contribution in [0.15, 0.2) is 24.3 Å². The van der Waals surface area contributed by atoms with E-state index in [9.17, 15) is 5.11 Å². The molecule has 0 radical (unpaired) electrons. The van der Waals surface area contributed by atoms with E-state index in [4.69, 9.17) is 0 Å². The normalized spacial score (nSPS) is 22.0. The highest BCUT2D eigenvalue weighted by Gasteiger charge is 2.35. The fourth-order valence-corrected chi connectivity index (χ4v) is 5.12. The average molecular weight is 374 g/mol. The van der Waals surface area contributed by atoms with Crippen LogP contribution in [-0.4, -0.2) is 52.4 Å². The molecule has 1 saturated heterocycles. The molecule has 0 saturated carbocycles. The molecule has 1 aliphatic heterocycles. The summed E-state index contributed by atoms with van der Waals surface area (Å²) in [6.07, 6.45) is 0. The van der Waals surface area contributed by atoms with E-state index in [0.29, 0.717) is 5.82 Å². The first-order valence-electron chi connectivity index (χ1n) is 9.36. The van der Waals surface area contributed by atoms with Crippen LogP contribution in [0.5, 0.6) is 5.88 Å². The van der Waals surface area contributed by atoms with Gasteiger partial charge < -0.3 is 14.9 Å². The van der Waals surface area contributed by atoms with Crippen molar-refractivity contribution in [3.63, 3.8) is 0 Å². The first-order valence-corrected chi connectivity index (χ1v) is 10.2. The van der Waals surface area contributed by atoms with Gasteiger partial charge in [0.15, 0.2) is 6.04 Å². The highest BCUT2D eigenvalue weighted by atomic mass is 32.1. The summed E-state index contributed by atoms with van der Waals surface area (Å²) in [6, 6.07) is 8.85. The molecule has 2 aromatic heterocycles. The maximum atomic E-state index is 10.9. The van der Waals surface area contributed by atoms with Crippen LogP contribution in [0.1, 0.15) is 34.8 Å². The number of nitrogens with one attached hydrogen (secondary N) is 2. The van der Waals surface area contributed by atoms with Crippen molar-refractivity contribution in [2.75, 3.05) is 32.7 Å². The fraction of sp³-hybridized carbons (Fsp3) is 0.474. The van der Waals surface area contributed by atoms with Crippen molar-refractivity contribution in [2.24, 2.45) is 0 Å². The molecular weight excluding hydrogens is 346 g/mol. The minimum atomic E-state index is 0.128. The van der Waals surface area contributed by atoms with Gasteiger partial charge in [0.1, 0.15) is 36.9 Å². The molecule has 0 unspecified atom stereocenters. The lowest BCUT2D eigenvalue weighted by Crippen LogP contribution is -3.28. The maximum Gasteiger partial charge on any atom is 0.235 e. The summed E-state index contributed by atoms with van der Waals surface area (Å²) >= 11 is 1.56. The lowest BCUT2D eigenvalue weighted by Gasteiger charge is -2.34. The van der Waals surface area contributed by atoms with Crippen LogP contribution in [0.4, 0.5) is 0 Å². The molecule has 4 rings (SSSR count). The number of thiazole rings is 1. The minimum absolute atomic E-state index is 0.128. The van der Waals surface area contributed by atoms with Gasteiger partial charge in [-0.2, -0.15) is 4.52 Å². The Bertz CT molecular complexity index is 893. The molecule has 0 aliphatic carbocycles. The predicted octanol–water partition coefficient (Wildman–Crippen LogP) is 0.00594. The molecule has 3 N–H and O–H groups in total. The van der Waals surface area contributed by atoms with E-state index in [2.05, 4.69) is 48.2 Å². The average Bonchev–Trinajstić information content (AvgIpc) is 3.15. The Hall–Kier alpha value is -1.96. The number of likely N-dealkylation sites (N-methyl/N-ethyl adjacent to an activating group) is 1. The topological polar surface area (TPSA) is 59.3 Å². The van der Waals surface area contributed by atoms with Crippen molar-refractivity contribution in [2.45, 2.75) is 26.8 Å². The number of quaternary nitrogens is 2. The molecule has 1 aliphatic rings. The molecule has 138 valence electrons. The van der Waals surface area contributed by atoms with E-state index in [0.717, 1.165) is 22.9 Å². The standard InChI is InChI=1S/C19H25N5OS/c1-4-22-9-11-23(12-10-22)16(15-7-5-13(2)6-8-15)17-18(25)24-19(26-17)20-14(3)21-24/h5-8,16,25H,4,9-12H2,1-3H3/p+2/t16-/m1/s1. The number of fused-ring (bicyclic) bond motifs is 1. The molecule has 7 heteroatoms. The third-order valence-electron chi connectivity index (χ3n) is 5.49. The molecule has 6 nitrogen and oxygen atoms in total. The number of aryl methyl sites for hydroxylation is 2. The summed E-state index contributed by atoms with van der Waals surface area (Å²) in [6.45, 7) is 12.0. The number of benzene rings is 1. The van der Waals surface area contributed by atoms with Gasteiger partial charge in [0, 0.05) is 5.56 Å². The highest BCUT2D eigenvalue weighted by molar-refractivity contribution is 7.17. The van der Waals surface area contributed by atoms with E-state index in [-0.39, 0.29) is 11.9 Å². The summed E-state index contributed by atoms with van der Waals surface area (Å²) in [7, 11) is 0. The van der Waals surface area contributed by atoms with Crippen LogP contribution in [0.3, 0.4) is 0 Å². The number of piperazine rings is 1. The van der Waals surface area contributed by atoms with Crippen LogP contribution >= 0.6 is 11.3 Å². The van der Waals surface area contributed by atoms with Gasteiger partial charge in [0.05, 0.1) is 6.54 Å². The van der Waals surface area contributed by atoms with Gasteiger partial charge in [-0.1, -0.05) is 41.2 Å². The Labute approximate surface area is 157 Å². The van der Waals surface area contributed by atoms with E-state index >= 15 is 0 Å². The Kier molecular flexibility index (Phi) is 4.69. The van der Waals surface area contributed by atoms with Gasteiger partial charge in [-0.05, 0) is 20.8 Å². The van der Waals surface area contributed by atoms with Crippen LogP contribution in [-0.2, 0) is 0 Å². The number of aromatic nitrogens is 3. The molecule has 3 heterocycles. The molecule has 1 aromatic carbocycles. The zero-order chi connectivity index (χ0) is 18.3. The smallest absolute Gasteiger partial charge is 0.235 e. The summed E-state index contributed by atoms with van der Waals surface area (Å²) in [5.41, 5.74) is 2.51. The number of hydrogen-bond acceptors (Lipinski definition) is 4. The molecule has 26 heavy (non-hydrogen) atoms. The predicted molar refractivity (Wildman–Crippen MR) is 102 cm³/mol. The molecule has 1 fully saturated rings. The van der Waals surface area contributed by atoms with Crippen LogP contribution in [0.2, 0.25) is 0 Å². The van der Waals surface area contributed by atoms with E-state index in [1.165, 1.54) is 35.7 Å². The lowest BCUT2D eigenvalue weighted by atomic mass is 10.0. The van der Waals surface area contributed by atoms with Crippen molar-refractivity contribution in [3.8, 4) is 5.88 Å². The van der Waals surface area contributed by atoms with Crippen molar-refractivity contribution in [1.29, 1.82) is 0 Å². The Morgan fingerprint density at radius 3 is 2.46 bits per heavy atom. The first-order chi connectivity index (χ1) is 12.6. The van der Waals surface area contributed by atoms with Crippen molar-refractivity contribution in [1.82, 2.24) is 14.6 Å². The third-order valence-corrected chi connectivity index (χ3v) is 6.57. The number of hydrogen-bond donors (Lipinski definition) is 3. The lowest BCUT2D eigenvalue weighted by molar-refractivity contribution is -1.02. The second-order valence-electron chi connectivity index (χ2n) is 7.25. The van der Waals surface area contributed by atoms with Gasteiger partial charge in [-0.25, -0.2) is 4.98 Å². The molecule has 0 spiro atoms.